The quantitative estimate of drug-likeness (QED) is 0.522. The highest BCUT2D eigenvalue weighted by molar-refractivity contribution is 7.94. The van der Waals surface area contributed by atoms with Gasteiger partial charge in [-0.25, -0.2) is 12.8 Å². The molecule has 0 radical (unpaired) electrons. The summed E-state index contributed by atoms with van der Waals surface area (Å²) in [4.78, 5) is 27.8. The minimum atomic E-state index is -4.19. The number of amides is 2. The number of carbonyl (C=O) groups excluding carboxylic acids is 2. The number of anilines is 2. The second-order valence-electron chi connectivity index (χ2n) is 7.84. The van der Waals surface area contributed by atoms with Crippen molar-refractivity contribution in [2.24, 2.45) is 0 Å². The van der Waals surface area contributed by atoms with Crippen molar-refractivity contribution in [1.29, 1.82) is 0 Å². The number of para-hydroxylation sites is 2. The monoisotopic (exact) mass is 501 g/mol. The number of carbonyl (C=O) groups is 2. The van der Waals surface area contributed by atoms with Crippen molar-refractivity contribution in [2.45, 2.75) is 23.5 Å². The van der Waals surface area contributed by atoms with Gasteiger partial charge in [0.15, 0.2) is 0 Å². The largest absolute Gasteiger partial charge is 0.339 e. The number of hydrogen-bond donors (Lipinski definition) is 1. The molecule has 1 aliphatic rings. The predicted octanol–water partition coefficient (Wildman–Crippen LogP) is 4.35. The molecule has 4 rings (SSSR count). The summed E-state index contributed by atoms with van der Waals surface area (Å²) >= 11 is 0.978. The summed E-state index contributed by atoms with van der Waals surface area (Å²) in [6.07, 6.45) is 2.93. The van der Waals surface area contributed by atoms with E-state index in [1.807, 2.05) is 0 Å². The summed E-state index contributed by atoms with van der Waals surface area (Å²) < 4.78 is 41.8. The van der Waals surface area contributed by atoms with Crippen LogP contribution in [0.15, 0.2) is 70.3 Å². The molecule has 7 nitrogen and oxygen atoms in total. The lowest BCUT2D eigenvalue weighted by molar-refractivity contribution is -0.114. The molecule has 0 bridgehead atoms. The fourth-order valence-corrected chi connectivity index (χ4v) is 6.37. The second kappa shape index (κ2) is 10.4. The lowest BCUT2D eigenvalue weighted by Crippen LogP contribution is -2.39. The van der Waals surface area contributed by atoms with Gasteiger partial charge < -0.3 is 10.2 Å². The van der Waals surface area contributed by atoms with E-state index in [9.17, 15) is 22.4 Å². The molecule has 2 amide bonds. The standard InChI is InChI=1S/C24H24FN3O4S2/c25-19-10-3-5-12-21(19)28(34(31,32)23-13-8-16-33-23)17-22(29)26-20-11-4-2-9-18(20)24(30)27-14-6-1-7-15-27/h2-5,8-13,16H,1,6-7,14-15,17H2,(H,26,29). The molecule has 0 unspecified atom stereocenters. The van der Waals surface area contributed by atoms with E-state index in [0.717, 1.165) is 41.0 Å². The molecule has 0 atom stereocenters. The first-order valence-corrected chi connectivity index (χ1v) is 13.2. The van der Waals surface area contributed by atoms with Crippen LogP contribution in [-0.2, 0) is 14.8 Å². The first-order valence-electron chi connectivity index (χ1n) is 10.9. The van der Waals surface area contributed by atoms with Crippen LogP contribution in [0.2, 0.25) is 0 Å². The van der Waals surface area contributed by atoms with Crippen molar-refractivity contribution in [3.63, 3.8) is 0 Å². The Morgan fingerprint density at radius 3 is 2.38 bits per heavy atom. The van der Waals surface area contributed by atoms with Gasteiger partial charge in [-0.05, 0) is 55.0 Å². The van der Waals surface area contributed by atoms with E-state index in [1.54, 1.807) is 40.6 Å². The van der Waals surface area contributed by atoms with Crippen LogP contribution in [0.3, 0.4) is 0 Å². The molecule has 0 spiro atoms. The molecule has 34 heavy (non-hydrogen) atoms. The number of hydrogen-bond acceptors (Lipinski definition) is 5. The highest BCUT2D eigenvalue weighted by Crippen LogP contribution is 2.29. The van der Waals surface area contributed by atoms with Gasteiger partial charge in [-0.2, -0.15) is 0 Å². The number of nitrogens with one attached hydrogen (secondary N) is 1. The van der Waals surface area contributed by atoms with Crippen LogP contribution >= 0.6 is 11.3 Å². The maximum absolute atomic E-state index is 14.6. The Morgan fingerprint density at radius 1 is 0.971 bits per heavy atom. The molecular formula is C24H24FN3O4S2. The van der Waals surface area contributed by atoms with Crippen LogP contribution in [-0.4, -0.2) is 44.8 Å². The minimum Gasteiger partial charge on any atom is -0.339 e. The van der Waals surface area contributed by atoms with Crippen molar-refractivity contribution >= 4 is 44.5 Å². The molecule has 1 N–H and O–H groups in total. The van der Waals surface area contributed by atoms with Gasteiger partial charge in [0.05, 0.1) is 16.9 Å². The molecule has 2 aromatic carbocycles. The number of thiophene rings is 1. The van der Waals surface area contributed by atoms with Gasteiger partial charge in [-0.15, -0.1) is 11.3 Å². The lowest BCUT2D eigenvalue weighted by Gasteiger charge is -2.27. The van der Waals surface area contributed by atoms with Crippen LogP contribution < -0.4 is 9.62 Å². The number of piperidine rings is 1. The van der Waals surface area contributed by atoms with Crippen molar-refractivity contribution in [1.82, 2.24) is 4.90 Å². The van der Waals surface area contributed by atoms with E-state index in [4.69, 9.17) is 0 Å². The summed E-state index contributed by atoms with van der Waals surface area (Å²) in [7, 11) is -4.19. The van der Waals surface area contributed by atoms with E-state index in [-0.39, 0.29) is 21.5 Å². The molecule has 3 aromatic rings. The molecule has 0 aliphatic carbocycles. The number of halogens is 1. The molecule has 178 valence electrons. The zero-order chi connectivity index (χ0) is 24.1. The van der Waals surface area contributed by atoms with Gasteiger partial charge in [0, 0.05) is 13.1 Å². The van der Waals surface area contributed by atoms with Crippen LogP contribution in [0.5, 0.6) is 0 Å². The van der Waals surface area contributed by atoms with Gasteiger partial charge >= 0.3 is 0 Å². The van der Waals surface area contributed by atoms with Crippen molar-refractivity contribution in [3.8, 4) is 0 Å². The van der Waals surface area contributed by atoms with Gasteiger partial charge in [-0.1, -0.05) is 30.3 Å². The highest BCUT2D eigenvalue weighted by atomic mass is 32.2. The third-order valence-electron chi connectivity index (χ3n) is 5.52. The van der Waals surface area contributed by atoms with E-state index in [1.165, 1.54) is 24.3 Å². The Balaban J connectivity index is 1.60. The van der Waals surface area contributed by atoms with E-state index in [0.29, 0.717) is 18.7 Å². The minimum absolute atomic E-state index is 0.00997. The predicted molar refractivity (Wildman–Crippen MR) is 130 cm³/mol. The Hall–Kier alpha value is -3.24. The van der Waals surface area contributed by atoms with Gasteiger partial charge in [-0.3, -0.25) is 13.9 Å². The molecule has 10 heteroatoms. The summed E-state index contributed by atoms with van der Waals surface area (Å²) in [6, 6.07) is 15.0. The molecule has 1 saturated heterocycles. The molecule has 1 fully saturated rings. The molecule has 1 aliphatic heterocycles. The molecular weight excluding hydrogens is 477 g/mol. The zero-order valence-corrected chi connectivity index (χ0v) is 19.9. The summed E-state index contributed by atoms with van der Waals surface area (Å²) in [6.45, 7) is 0.649. The first-order chi connectivity index (χ1) is 16.4. The van der Waals surface area contributed by atoms with Crippen LogP contribution in [0, 0.1) is 5.82 Å². The van der Waals surface area contributed by atoms with Crippen LogP contribution in [0.1, 0.15) is 29.6 Å². The van der Waals surface area contributed by atoms with Crippen LogP contribution in [0.25, 0.3) is 0 Å². The fourth-order valence-electron chi connectivity index (χ4n) is 3.84. The van der Waals surface area contributed by atoms with Gasteiger partial charge in [0.2, 0.25) is 5.91 Å². The van der Waals surface area contributed by atoms with Gasteiger partial charge in [0.1, 0.15) is 16.6 Å². The summed E-state index contributed by atoms with van der Waals surface area (Å²) in [5.41, 5.74) is 0.380. The van der Waals surface area contributed by atoms with Crippen molar-refractivity contribution < 1.29 is 22.4 Å². The Morgan fingerprint density at radius 2 is 1.68 bits per heavy atom. The smallest absolute Gasteiger partial charge is 0.274 e. The third kappa shape index (κ3) is 5.13. The fraction of sp³-hybridized carbons (Fsp3) is 0.250. The Labute approximate surface area is 201 Å². The van der Waals surface area contributed by atoms with Crippen molar-refractivity contribution in [3.05, 3.63) is 77.4 Å². The summed E-state index contributed by atoms with van der Waals surface area (Å²) in [5.74, 6) is -1.65. The van der Waals surface area contributed by atoms with Crippen LogP contribution in [0.4, 0.5) is 15.8 Å². The number of sulfonamides is 1. The summed E-state index contributed by atoms with van der Waals surface area (Å²) in [5, 5.41) is 4.25. The van der Waals surface area contributed by atoms with E-state index >= 15 is 0 Å². The second-order valence-corrected chi connectivity index (χ2v) is 10.9. The number of nitrogens with zero attached hydrogens (tertiary/aromatic N) is 2. The normalized spacial score (nSPS) is 14.0. The lowest BCUT2D eigenvalue weighted by atomic mass is 10.1. The zero-order valence-electron chi connectivity index (χ0n) is 18.3. The third-order valence-corrected chi connectivity index (χ3v) is 8.66. The average molecular weight is 502 g/mol. The molecule has 1 aromatic heterocycles. The topological polar surface area (TPSA) is 86.8 Å². The highest BCUT2D eigenvalue weighted by Gasteiger charge is 2.30. The Bertz CT molecular complexity index is 1270. The van der Waals surface area contributed by atoms with E-state index in [2.05, 4.69) is 5.32 Å². The number of likely N-dealkylation sites (tertiary alicyclic amines) is 1. The number of rotatable bonds is 7. The SMILES string of the molecule is O=C(CN(c1ccccc1F)S(=O)(=O)c1cccs1)Nc1ccccc1C(=O)N1CCCCC1. The number of benzene rings is 2. The molecule has 2 heterocycles. The first kappa shape index (κ1) is 23.9. The van der Waals surface area contributed by atoms with Gasteiger partial charge in [0.25, 0.3) is 15.9 Å². The maximum Gasteiger partial charge on any atom is 0.274 e. The average Bonchev–Trinajstić information content (AvgIpc) is 3.40. The van der Waals surface area contributed by atoms with Crippen molar-refractivity contribution in [2.75, 3.05) is 29.3 Å². The Kier molecular flexibility index (Phi) is 7.28. The van der Waals surface area contributed by atoms with E-state index < -0.39 is 28.3 Å². The molecule has 0 saturated carbocycles. The maximum atomic E-state index is 14.6.